The fourth-order valence-corrected chi connectivity index (χ4v) is 2.70. The average molecular weight is 297 g/mol. The predicted molar refractivity (Wildman–Crippen MR) is 74.9 cm³/mol. The van der Waals surface area contributed by atoms with Crippen LogP contribution in [-0.4, -0.2) is 28.0 Å². The normalized spacial score (nSPS) is 21.7. The number of halogens is 1. The lowest BCUT2D eigenvalue weighted by Gasteiger charge is -2.13. The zero-order valence-corrected chi connectivity index (χ0v) is 12.0. The molecular formula is C14H17ClN2O3. The number of pyridine rings is 1. The van der Waals surface area contributed by atoms with Gasteiger partial charge < -0.3 is 10.4 Å². The van der Waals surface area contributed by atoms with E-state index in [1.54, 1.807) is 6.07 Å². The maximum absolute atomic E-state index is 12.2. The number of rotatable bonds is 4. The minimum Gasteiger partial charge on any atom is -0.481 e. The molecule has 2 rings (SSSR count). The SMILES string of the molecule is CCc1cc(C(=O)NC2CCC(C(=O)O)C2)cc(Cl)n1. The van der Waals surface area contributed by atoms with Gasteiger partial charge in [-0.25, -0.2) is 4.98 Å². The summed E-state index contributed by atoms with van der Waals surface area (Å²) in [6.45, 7) is 1.94. The van der Waals surface area contributed by atoms with E-state index < -0.39 is 5.97 Å². The van der Waals surface area contributed by atoms with Gasteiger partial charge in [-0.3, -0.25) is 9.59 Å². The van der Waals surface area contributed by atoms with E-state index in [0.717, 1.165) is 5.69 Å². The number of carbonyl (C=O) groups is 2. The molecule has 0 aromatic carbocycles. The molecule has 1 heterocycles. The summed E-state index contributed by atoms with van der Waals surface area (Å²) in [6.07, 6.45) is 2.49. The maximum atomic E-state index is 12.2. The number of aryl methyl sites for hydroxylation is 1. The quantitative estimate of drug-likeness (QED) is 0.836. The molecular weight excluding hydrogens is 280 g/mol. The van der Waals surface area contributed by atoms with E-state index in [1.807, 2.05) is 6.92 Å². The Morgan fingerprint density at radius 3 is 2.80 bits per heavy atom. The zero-order chi connectivity index (χ0) is 14.7. The van der Waals surface area contributed by atoms with Crippen LogP contribution in [0.1, 0.15) is 42.2 Å². The summed E-state index contributed by atoms with van der Waals surface area (Å²) in [4.78, 5) is 27.2. The van der Waals surface area contributed by atoms with Crippen molar-refractivity contribution in [3.05, 3.63) is 28.5 Å². The van der Waals surface area contributed by atoms with Crippen LogP contribution < -0.4 is 5.32 Å². The van der Waals surface area contributed by atoms with Crippen molar-refractivity contribution in [1.29, 1.82) is 0 Å². The van der Waals surface area contributed by atoms with Crippen molar-refractivity contribution in [3.63, 3.8) is 0 Å². The van der Waals surface area contributed by atoms with Crippen molar-refractivity contribution in [2.24, 2.45) is 5.92 Å². The highest BCUT2D eigenvalue weighted by atomic mass is 35.5. The van der Waals surface area contributed by atoms with E-state index in [4.69, 9.17) is 16.7 Å². The van der Waals surface area contributed by atoms with Crippen LogP contribution in [0, 0.1) is 5.92 Å². The highest BCUT2D eigenvalue weighted by Gasteiger charge is 2.30. The molecule has 1 aliphatic carbocycles. The van der Waals surface area contributed by atoms with Gasteiger partial charge >= 0.3 is 5.97 Å². The van der Waals surface area contributed by atoms with E-state index in [9.17, 15) is 9.59 Å². The van der Waals surface area contributed by atoms with E-state index in [0.29, 0.717) is 36.4 Å². The number of carboxylic acid groups (broad SMARTS) is 1. The Morgan fingerprint density at radius 2 is 2.20 bits per heavy atom. The largest absolute Gasteiger partial charge is 0.481 e. The molecule has 6 heteroatoms. The first-order valence-corrected chi connectivity index (χ1v) is 7.07. The third-order valence-electron chi connectivity index (χ3n) is 3.59. The van der Waals surface area contributed by atoms with Gasteiger partial charge in [-0.2, -0.15) is 0 Å². The van der Waals surface area contributed by atoms with Crippen LogP contribution in [0.2, 0.25) is 5.15 Å². The molecule has 20 heavy (non-hydrogen) atoms. The van der Waals surface area contributed by atoms with Crippen molar-refractivity contribution in [2.75, 3.05) is 0 Å². The molecule has 1 amide bonds. The van der Waals surface area contributed by atoms with Crippen LogP contribution in [-0.2, 0) is 11.2 Å². The van der Waals surface area contributed by atoms with Gasteiger partial charge in [0.15, 0.2) is 0 Å². The summed E-state index contributed by atoms with van der Waals surface area (Å²) in [5.41, 5.74) is 1.23. The summed E-state index contributed by atoms with van der Waals surface area (Å²) in [6, 6.07) is 3.16. The molecule has 1 aromatic heterocycles. The number of aliphatic carboxylic acids is 1. The first-order valence-electron chi connectivity index (χ1n) is 6.69. The Balaban J connectivity index is 2.02. The minimum atomic E-state index is -0.790. The molecule has 1 aromatic rings. The van der Waals surface area contributed by atoms with Crippen LogP contribution in [0.25, 0.3) is 0 Å². The lowest BCUT2D eigenvalue weighted by molar-refractivity contribution is -0.141. The molecule has 2 atom stereocenters. The second-order valence-electron chi connectivity index (χ2n) is 5.04. The molecule has 0 saturated heterocycles. The van der Waals surface area contributed by atoms with Crippen LogP contribution in [0.5, 0.6) is 0 Å². The lowest BCUT2D eigenvalue weighted by atomic mass is 10.1. The van der Waals surface area contributed by atoms with Crippen molar-refractivity contribution in [2.45, 2.75) is 38.6 Å². The molecule has 1 saturated carbocycles. The fraction of sp³-hybridized carbons (Fsp3) is 0.500. The summed E-state index contributed by atoms with van der Waals surface area (Å²) < 4.78 is 0. The molecule has 5 nitrogen and oxygen atoms in total. The van der Waals surface area contributed by atoms with Crippen molar-refractivity contribution < 1.29 is 14.7 Å². The first kappa shape index (κ1) is 14.8. The Hall–Kier alpha value is -1.62. The Kier molecular flexibility index (Phi) is 4.60. The molecule has 0 aliphatic heterocycles. The summed E-state index contributed by atoms with van der Waals surface area (Å²) >= 11 is 5.89. The predicted octanol–water partition coefficient (Wildman–Crippen LogP) is 2.28. The number of aromatic nitrogens is 1. The topological polar surface area (TPSA) is 79.3 Å². The summed E-state index contributed by atoms with van der Waals surface area (Å²) in [5, 5.41) is 12.1. The van der Waals surface area contributed by atoms with Gasteiger partial charge in [0, 0.05) is 17.3 Å². The molecule has 108 valence electrons. The number of nitrogens with one attached hydrogen (secondary N) is 1. The molecule has 2 N–H and O–H groups in total. The van der Waals surface area contributed by atoms with Gasteiger partial charge in [-0.1, -0.05) is 18.5 Å². The Labute approximate surface area is 122 Å². The van der Waals surface area contributed by atoms with Crippen LogP contribution in [0.3, 0.4) is 0 Å². The fourth-order valence-electron chi connectivity index (χ4n) is 2.47. The van der Waals surface area contributed by atoms with Crippen molar-refractivity contribution in [3.8, 4) is 0 Å². The van der Waals surface area contributed by atoms with Gasteiger partial charge in [-0.05, 0) is 37.8 Å². The van der Waals surface area contributed by atoms with Gasteiger partial charge in [0.2, 0.25) is 0 Å². The van der Waals surface area contributed by atoms with Crippen LogP contribution in [0.15, 0.2) is 12.1 Å². The van der Waals surface area contributed by atoms with Crippen molar-refractivity contribution >= 4 is 23.5 Å². The highest BCUT2D eigenvalue weighted by molar-refractivity contribution is 6.29. The molecule has 2 unspecified atom stereocenters. The number of carboxylic acids is 1. The lowest BCUT2D eigenvalue weighted by Crippen LogP contribution is -2.33. The molecule has 0 bridgehead atoms. The Bertz CT molecular complexity index is 533. The number of amides is 1. The number of hydrogen-bond donors (Lipinski definition) is 2. The minimum absolute atomic E-state index is 0.0828. The third kappa shape index (κ3) is 3.48. The van der Waals surface area contributed by atoms with Crippen LogP contribution >= 0.6 is 11.6 Å². The average Bonchev–Trinajstić information content (AvgIpc) is 2.86. The third-order valence-corrected chi connectivity index (χ3v) is 3.78. The number of nitrogens with zero attached hydrogens (tertiary/aromatic N) is 1. The molecule has 1 aliphatic rings. The second-order valence-corrected chi connectivity index (χ2v) is 5.43. The molecule has 1 fully saturated rings. The highest BCUT2D eigenvalue weighted by Crippen LogP contribution is 2.26. The van der Waals surface area contributed by atoms with Crippen LogP contribution in [0.4, 0.5) is 0 Å². The summed E-state index contributed by atoms with van der Waals surface area (Å²) in [5.74, 6) is -1.37. The smallest absolute Gasteiger partial charge is 0.306 e. The van der Waals surface area contributed by atoms with E-state index in [2.05, 4.69) is 10.3 Å². The van der Waals surface area contributed by atoms with E-state index >= 15 is 0 Å². The zero-order valence-electron chi connectivity index (χ0n) is 11.2. The molecule has 0 radical (unpaired) electrons. The molecule has 0 spiro atoms. The van der Waals surface area contributed by atoms with E-state index in [-0.39, 0.29) is 17.9 Å². The summed E-state index contributed by atoms with van der Waals surface area (Å²) in [7, 11) is 0. The van der Waals surface area contributed by atoms with Gasteiger partial charge in [0.25, 0.3) is 5.91 Å². The Morgan fingerprint density at radius 1 is 1.45 bits per heavy atom. The van der Waals surface area contributed by atoms with Crippen molar-refractivity contribution in [1.82, 2.24) is 10.3 Å². The van der Waals surface area contributed by atoms with Gasteiger partial charge in [-0.15, -0.1) is 0 Å². The van der Waals surface area contributed by atoms with Gasteiger partial charge in [0.1, 0.15) is 5.15 Å². The number of carbonyl (C=O) groups excluding carboxylic acids is 1. The standard InChI is InChI=1S/C14H17ClN2O3/c1-2-10-6-9(7-12(15)16-10)13(18)17-11-4-3-8(5-11)14(19)20/h6-8,11H,2-5H2,1H3,(H,17,18)(H,19,20). The number of hydrogen-bond acceptors (Lipinski definition) is 3. The second kappa shape index (κ2) is 6.22. The first-order chi connectivity index (χ1) is 9.49. The maximum Gasteiger partial charge on any atom is 0.306 e. The van der Waals surface area contributed by atoms with Gasteiger partial charge in [0.05, 0.1) is 5.92 Å². The van der Waals surface area contributed by atoms with E-state index in [1.165, 1.54) is 6.07 Å². The monoisotopic (exact) mass is 296 g/mol.